The maximum absolute atomic E-state index is 13.4. The van der Waals surface area contributed by atoms with Gasteiger partial charge in [0.2, 0.25) is 5.95 Å². The second kappa shape index (κ2) is 5.31. The number of halogens is 1. The van der Waals surface area contributed by atoms with Crippen LogP contribution in [-0.2, 0) is 0 Å². The fourth-order valence-corrected chi connectivity index (χ4v) is 2.68. The van der Waals surface area contributed by atoms with Crippen molar-refractivity contribution in [2.75, 3.05) is 22.2 Å². The van der Waals surface area contributed by atoms with E-state index in [1.54, 1.807) is 0 Å². The Bertz CT molecular complexity index is 356. The van der Waals surface area contributed by atoms with Crippen molar-refractivity contribution >= 4 is 23.5 Å². The lowest BCUT2D eigenvalue weighted by atomic mass is 10.1. The monoisotopic (exact) mass is 243 g/mol. The number of thioether (sulfide) groups is 1. The van der Waals surface area contributed by atoms with E-state index in [1.807, 2.05) is 11.8 Å². The molecule has 0 aromatic carbocycles. The third-order valence-corrected chi connectivity index (χ3v) is 3.48. The van der Waals surface area contributed by atoms with Crippen LogP contribution < -0.4 is 16.6 Å². The molecule has 1 saturated heterocycles. The summed E-state index contributed by atoms with van der Waals surface area (Å²) in [4.78, 5) is 7.63. The molecule has 1 aliphatic rings. The van der Waals surface area contributed by atoms with Gasteiger partial charge in [-0.3, -0.25) is 5.43 Å². The molecule has 7 heteroatoms. The molecule has 0 amide bonds. The Morgan fingerprint density at radius 2 is 2.19 bits per heavy atom. The first-order valence-electron chi connectivity index (χ1n) is 5.13. The first kappa shape index (κ1) is 11.4. The molecule has 0 saturated carbocycles. The van der Waals surface area contributed by atoms with Crippen molar-refractivity contribution in [3.8, 4) is 0 Å². The minimum absolute atomic E-state index is 0.217. The zero-order valence-electron chi connectivity index (χ0n) is 8.74. The number of nitrogen functional groups attached to an aromatic ring is 1. The number of aromatic nitrogens is 2. The van der Waals surface area contributed by atoms with Gasteiger partial charge in [-0.2, -0.15) is 16.7 Å². The molecule has 4 N–H and O–H groups in total. The number of nitrogens with two attached hydrogens (primary N) is 1. The van der Waals surface area contributed by atoms with Crippen molar-refractivity contribution in [3.05, 3.63) is 12.0 Å². The number of nitrogens with one attached hydrogen (secondary N) is 2. The van der Waals surface area contributed by atoms with Crippen molar-refractivity contribution < 1.29 is 4.39 Å². The molecule has 0 atom stereocenters. The zero-order valence-corrected chi connectivity index (χ0v) is 9.56. The maximum Gasteiger partial charge on any atom is 0.239 e. The summed E-state index contributed by atoms with van der Waals surface area (Å²) in [6.45, 7) is 0. The Morgan fingerprint density at radius 3 is 2.88 bits per heavy atom. The van der Waals surface area contributed by atoms with E-state index in [-0.39, 0.29) is 17.8 Å². The van der Waals surface area contributed by atoms with E-state index in [0.717, 1.165) is 30.5 Å². The summed E-state index contributed by atoms with van der Waals surface area (Å²) in [6.07, 6.45) is 3.17. The lowest BCUT2D eigenvalue weighted by Gasteiger charge is -2.23. The van der Waals surface area contributed by atoms with E-state index in [0.29, 0.717) is 0 Å². The van der Waals surface area contributed by atoms with E-state index in [9.17, 15) is 4.39 Å². The van der Waals surface area contributed by atoms with Crippen LogP contribution in [-0.4, -0.2) is 27.5 Å². The first-order chi connectivity index (χ1) is 7.79. The molecule has 0 spiro atoms. The average molecular weight is 243 g/mol. The van der Waals surface area contributed by atoms with E-state index < -0.39 is 5.82 Å². The number of rotatable bonds is 3. The van der Waals surface area contributed by atoms with Gasteiger partial charge in [-0.25, -0.2) is 15.2 Å². The summed E-state index contributed by atoms with van der Waals surface area (Å²) >= 11 is 1.92. The average Bonchev–Trinajstić information content (AvgIpc) is 2.33. The van der Waals surface area contributed by atoms with Gasteiger partial charge in [-0.1, -0.05) is 0 Å². The zero-order chi connectivity index (χ0) is 11.4. The number of anilines is 2. The molecule has 0 unspecified atom stereocenters. The molecular formula is C9H14FN5S. The number of nitrogens with zero attached hydrogens (tertiary/aromatic N) is 2. The Hall–Kier alpha value is -1.08. The van der Waals surface area contributed by atoms with Gasteiger partial charge in [0.15, 0.2) is 11.6 Å². The van der Waals surface area contributed by atoms with Crippen LogP contribution in [0.4, 0.5) is 16.2 Å². The van der Waals surface area contributed by atoms with Gasteiger partial charge in [0.25, 0.3) is 0 Å². The van der Waals surface area contributed by atoms with Gasteiger partial charge in [0, 0.05) is 6.04 Å². The number of hydrazine groups is 1. The topological polar surface area (TPSA) is 75.9 Å². The highest BCUT2D eigenvalue weighted by Gasteiger charge is 2.16. The summed E-state index contributed by atoms with van der Waals surface area (Å²) in [7, 11) is 0. The largest absolute Gasteiger partial charge is 0.365 e. The van der Waals surface area contributed by atoms with E-state index in [4.69, 9.17) is 5.84 Å². The van der Waals surface area contributed by atoms with Crippen LogP contribution in [0.1, 0.15) is 12.8 Å². The maximum atomic E-state index is 13.4. The van der Waals surface area contributed by atoms with Gasteiger partial charge < -0.3 is 5.32 Å². The fourth-order valence-electron chi connectivity index (χ4n) is 1.57. The number of hydrogen-bond donors (Lipinski definition) is 3. The van der Waals surface area contributed by atoms with Crippen LogP contribution >= 0.6 is 11.8 Å². The quantitative estimate of drug-likeness (QED) is 0.547. The smallest absolute Gasteiger partial charge is 0.239 e. The number of hydrogen-bond acceptors (Lipinski definition) is 6. The standard InChI is InChI=1S/C9H14FN5S/c10-7-5-12-9(15-11)14-8(7)13-6-1-3-16-4-2-6/h5-6H,1-4,11H2,(H2,12,13,14,15). The Morgan fingerprint density at radius 1 is 1.44 bits per heavy atom. The highest BCUT2D eigenvalue weighted by Crippen LogP contribution is 2.21. The van der Waals surface area contributed by atoms with E-state index >= 15 is 0 Å². The summed E-state index contributed by atoms with van der Waals surface area (Å²) < 4.78 is 13.4. The molecule has 0 aliphatic carbocycles. The molecule has 1 aromatic rings. The van der Waals surface area contributed by atoms with Crippen LogP contribution in [0, 0.1) is 5.82 Å². The Labute approximate surface area is 97.4 Å². The minimum atomic E-state index is -0.447. The lowest BCUT2D eigenvalue weighted by molar-refractivity contribution is 0.601. The molecule has 0 radical (unpaired) electrons. The first-order valence-corrected chi connectivity index (χ1v) is 6.28. The van der Waals surface area contributed by atoms with Crippen LogP contribution in [0.15, 0.2) is 6.20 Å². The summed E-state index contributed by atoms with van der Waals surface area (Å²) in [5, 5.41) is 3.09. The summed E-state index contributed by atoms with van der Waals surface area (Å²) in [6, 6.07) is 0.288. The van der Waals surface area contributed by atoms with Gasteiger partial charge in [-0.15, -0.1) is 0 Å². The van der Waals surface area contributed by atoms with Gasteiger partial charge >= 0.3 is 0 Å². The Kier molecular flexibility index (Phi) is 3.79. The molecule has 88 valence electrons. The van der Waals surface area contributed by atoms with Crippen LogP contribution in [0.25, 0.3) is 0 Å². The molecule has 16 heavy (non-hydrogen) atoms. The van der Waals surface area contributed by atoms with Crippen LogP contribution in [0.2, 0.25) is 0 Å². The van der Waals surface area contributed by atoms with Crippen molar-refractivity contribution in [1.29, 1.82) is 0 Å². The molecule has 5 nitrogen and oxygen atoms in total. The molecular weight excluding hydrogens is 229 g/mol. The summed E-state index contributed by atoms with van der Waals surface area (Å²) in [5.41, 5.74) is 2.30. The van der Waals surface area contributed by atoms with Crippen molar-refractivity contribution in [3.63, 3.8) is 0 Å². The molecule has 1 aromatic heterocycles. The predicted molar refractivity (Wildman–Crippen MR) is 63.8 cm³/mol. The molecule has 2 heterocycles. The lowest BCUT2D eigenvalue weighted by Crippen LogP contribution is -2.26. The Balaban J connectivity index is 2.06. The molecule has 0 bridgehead atoms. The van der Waals surface area contributed by atoms with Crippen molar-refractivity contribution in [2.24, 2.45) is 5.84 Å². The molecule has 2 rings (SSSR count). The molecule has 1 aliphatic heterocycles. The second-order valence-electron chi connectivity index (χ2n) is 3.57. The highest BCUT2D eigenvalue weighted by molar-refractivity contribution is 7.99. The third-order valence-electron chi connectivity index (χ3n) is 2.44. The van der Waals surface area contributed by atoms with E-state index in [1.165, 1.54) is 0 Å². The van der Waals surface area contributed by atoms with Crippen LogP contribution in [0.5, 0.6) is 0 Å². The minimum Gasteiger partial charge on any atom is -0.365 e. The van der Waals surface area contributed by atoms with Gasteiger partial charge in [0.05, 0.1) is 6.20 Å². The predicted octanol–water partition coefficient (Wildman–Crippen LogP) is 1.21. The molecule has 1 fully saturated rings. The van der Waals surface area contributed by atoms with Crippen molar-refractivity contribution in [1.82, 2.24) is 9.97 Å². The fraction of sp³-hybridized carbons (Fsp3) is 0.556. The SMILES string of the molecule is NNc1ncc(F)c(NC2CCSCC2)n1. The van der Waals surface area contributed by atoms with Gasteiger partial charge in [0.1, 0.15) is 0 Å². The normalized spacial score (nSPS) is 17.1. The summed E-state index contributed by atoms with van der Waals surface area (Å²) in [5.74, 6) is 7.37. The van der Waals surface area contributed by atoms with E-state index in [2.05, 4.69) is 20.7 Å². The third kappa shape index (κ3) is 2.73. The second-order valence-corrected chi connectivity index (χ2v) is 4.79. The van der Waals surface area contributed by atoms with Gasteiger partial charge in [-0.05, 0) is 24.3 Å². The highest BCUT2D eigenvalue weighted by atomic mass is 32.2. The van der Waals surface area contributed by atoms with Crippen LogP contribution in [0.3, 0.4) is 0 Å². The van der Waals surface area contributed by atoms with Crippen molar-refractivity contribution in [2.45, 2.75) is 18.9 Å².